The van der Waals surface area contributed by atoms with E-state index in [9.17, 15) is 0 Å². The lowest BCUT2D eigenvalue weighted by molar-refractivity contribution is 0.246. The van der Waals surface area contributed by atoms with Crippen LogP contribution in [0.2, 0.25) is 0 Å². The number of nitrogens with two attached hydrogens (primary N) is 1. The van der Waals surface area contributed by atoms with Gasteiger partial charge in [-0.05, 0) is 43.7 Å². The summed E-state index contributed by atoms with van der Waals surface area (Å²) in [6.07, 6.45) is 0.738. The van der Waals surface area contributed by atoms with Crippen molar-refractivity contribution >= 4 is 0 Å². The van der Waals surface area contributed by atoms with Crippen LogP contribution in [-0.2, 0) is 13.0 Å². The molecule has 0 spiro atoms. The maximum Gasteiger partial charge on any atom is 0.174 e. The quantitative estimate of drug-likeness (QED) is 0.863. The summed E-state index contributed by atoms with van der Waals surface area (Å²) in [5.74, 6) is 2.29. The van der Waals surface area contributed by atoms with Gasteiger partial charge in [-0.1, -0.05) is 5.16 Å². The Hall–Kier alpha value is -2.01. The average Bonchev–Trinajstić information content (AvgIpc) is 2.83. The van der Waals surface area contributed by atoms with Crippen molar-refractivity contribution in [3.05, 3.63) is 41.3 Å². The summed E-state index contributed by atoms with van der Waals surface area (Å²) in [6, 6.07) is 7.54. The average molecular weight is 262 g/mol. The molecule has 1 aromatic carbocycles. The minimum absolute atomic E-state index is 0.352. The largest absolute Gasteiger partial charge is 0.497 e. The fraction of sp³-hybridized carbons (Fsp3) is 0.357. The standard InChI is InChI=1S/C14H18N2O3/c1-10-7-13(19-16-10)9-18-14-4-3-12(17-2)8-11(14)5-6-15/h3-4,7-8H,5-6,9,15H2,1-2H3. The van der Waals surface area contributed by atoms with Gasteiger partial charge in [-0.25, -0.2) is 0 Å². The predicted molar refractivity (Wildman–Crippen MR) is 71.3 cm³/mol. The van der Waals surface area contributed by atoms with E-state index in [-0.39, 0.29) is 0 Å². The van der Waals surface area contributed by atoms with Crippen molar-refractivity contribution in [1.29, 1.82) is 0 Å². The van der Waals surface area contributed by atoms with Crippen LogP contribution in [0.25, 0.3) is 0 Å². The zero-order valence-electron chi connectivity index (χ0n) is 11.2. The summed E-state index contributed by atoms with van der Waals surface area (Å²) in [5, 5.41) is 3.82. The Morgan fingerprint density at radius 2 is 2.16 bits per heavy atom. The summed E-state index contributed by atoms with van der Waals surface area (Å²) in [4.78, 5) is 0. The van der Waals surface area contributed by atoms with E-state index >= 15 is 0 Å². The first-order valence-corrected chi connectivity index (χ1v) is 6.15. The fourth-order valence-electron chi connectivity index (χ4n) is 1.81. The van der Waals surface area contributed by atoms with Crippen molar-refractivity contribution in [3.63, 3.8) is 0 Å². The van der Waals surface area contributed by atoms with E-state index < -0.39 is 0 Å². The third kappa shape index (κ3) is 3.48. The molecule has 0 unspecified atom stereocenters. The van der Waals surface area contributed by atoms with Crippen LogP contribution in [0.1, 0.15) is 17.0 Å². The molecule has 0 aliphatic rings. The van der Waals surface area contributed by atoms with Crippen molar-refractivity contribution < 1.29 is 14.0 Å². The molecule has 5 nitrogen and oxygen atoms in total. The Balaban J connectivity index is 2.10. The Morgan fingerprint density at radius 3 is 2.79 bits per heavy atom. The summed E-state index contributed by atoms with van der Waals surface area (Å²) >= 11 is 0. The molecule has 0 saturated carbocycles. The highest BCUT2D eigenvalue weighted by molar-refractivity contribution is 5.40. The lowest BCUT2D eigenvalue weighted by atomic mass is 10.1. The molecular formula is C14H18N2O3. The van der Waals surface area contributed by atoms with E-state index in [1.165, 1.54) is 0 Å². The number of benzene rings is 1. The predicted octanol–water partition coefficient (Wildman–Crippen LogP) is 2.07. The van der Waals surface area contributed by atoms with E-state index in [0.29, 0.717) is 18.9 Å². The SMILES string of the molecule is COc1ccc(OCc2cc(C)no2)c(CCN)c1. The molecule has 2 N–H and O–H groups in total. The van der Waals surface area contributed by atoms with E-state index in [4.69, 9.17) is 19.7 Å². The first-order valence-electron chi connectivity index (χ1n) is 6.15. The van der Waals surface area contributed by atoms with Gasteiger partial charge in [0.1, 0.15) is 18.1 Å². The Bertz CT molecular complexity index is 537. The van der Waals surface area contributed by atoms with Crippen molar-refractivity contribution in [2.75, 3.05) is 13.7 Å². The second kappa shape index (κ2) is 6.24. The highest BCUT2D eigenvalue weighted by Gasteiger charge is 2.07. The molecule has 0 aliphatic carbocycles. The van der Waals surface area contributed by atoms with Gasteiger partial charge in [0.25, 0.3) is 0 Å². The molecule has 2 aromatic rings. The van der Waals surface area contributed by atoms with Crippen molar-refractivity contribution in [2.24, 2.45) is 5.73 Å². The summed E-state index contributed by atoms with van der Waals surface area (Å²) in [7, 11) is 1.64. The number of ether oxygens (including phenoxy) is 2. The van der Waals surface area contributed by atoms with E-state index in [1.54, 1.807) is 7.11 Å². The van der Waals surface area contributed by atoms with Crippen LogP contribution in [0, 0.1) is 6.92 Å². The minimum atomic E-state index is 0.352. The number of hydrogen-bond donors (Lipinski definition) is 1. The third-order valence-electron chi connectivity index (χ3n) is 2.73. The van der Waals surface area contributed by atoms with Gasteiger partial charge in [0.05, 0.1) is 12.8 Å². The van der Waals surface area contributed by atoms with Gasteiger partial charge in [0, 0.05) is 6.07 Å². The molecular weight excluding hydrogens is 244 g/mol. The lowest BCUT2D eigenvalue weighted by Crippen LogP contribution is -2.05. The molecule has 102 valence electrons. The first-order chi connectivity index (χ1) is 9.22. The number of rotatable bonds is 6. The van der Waals surface area contributed by atoms with E-state index in [0.717, 1.165) is 29.2 Å². The van der Waals surface area contributed by atoms with Crippen molar-refractivity contribution in [2.45, 2.75) is 20.0 Å². The Labute approximate surface area is 112 Å². The molecule has 1 heterocycles. The number of aromatic nitrogens is 1. The second-order valence-electron chi connectivity index (χ2n) is 4.24. The number of hydrogen-bond acceptors (Lipinski definition) is 5. The normalized spacial score (nSPS) is 10.5. The molecule has 0 bridgehead atoms. The van der Waals surface area contributed by atoms with Crippen LogP contribution in [0.3, 0.4) is 0 Å². The summed E-state index contributed by atoms with van der Waals surface area (Å²) in [6.45, 7) is 2.79. The molecule has 1 aromatic heterocycles. The van der Waals surface area contributed by atoms with Crippen LogP contribution in [-0.4, -0.2) is 18.8 Å². The topological polar surface area (TPSA) is 70.5 Å². The minimum Gasteiger partial charge on any atom is -0.497 e. The molecule has 0 saturated heterocycles. The van der Waals surface area contributed by atoms with Crippen molar-refractivity contribution in [1.82, 2.24) is 5.16 Å². The van der Waals surface area contributed by atoms with Crippen LogP contribution in [0.15, 0.2) is 28.8 Å². The van der Waals surface area contributed by atoms with Crippen molar-refractivity contribution in [3.8, 4) is 11.5 Å². The lowest BCUT2D eigenvalue weighted by Gasteiger charge is -2.11. The van der Waals surface area contributed by atoms with Gasteiger partial charge < -0.3 is 19.7 Å². The highest BCUT2D eigenvalue weighted by Crippen LogP contribution is 2.25. The molecule has 0 amide bonds. The molecule has 0 radical (unpaired) electrons. The van der Waals surface area contributed by atoms with Gasteiger partial charge in [-0.2, -0.15) is 0 Å². The van der Waals surface area contributed by atoms with Crippen LogP contribution < -0.4 is 15.2 Å². The fourth-order valence-corrected chi connectivity index (χ4v) is 1.81. The van der Waals surface area contributed by atoms with Gasteiger partial charge in [-0.15, -0.1) is 0 Å². The van der Waals surface area contributed by atoms with Gasteiger partial charge >= 0.3 is 0 Å². The van der Waals surface area contributed by atoms with Crippen LogP contribution in [0.4, 0.5) is 0 Å². The molecule has 0 aliphatic heterocycles. The zero-order valence-corrected chi connectivity index (χ0v) is 11.2. The molecule has 0 fully saturated rings. The van der Waals surface area contributed by atoms with Crippen LogP contribution >= 0.6 is 0 Å². The van der Waals surface area contributed by atoms with Gasteiger partial charge in [0.15, 0.2) is 5.76 Å². The third-order valence-corrected chi connectivity index (χ3v) is 2.73. The molecule has 2 rings (SSSR count). The first kappa shape index (κ1) is 13.4. The Morgan fingerprint density at radius 1 is 1.32 bits per heavy atom. The number of aryl methyl sites for hydroxylation is 1. The smallest absolute Gasteiger partial charge is 0.174 e. The highest BCUT2D eigenvalue weighted by atomic mass is 16.5. The number of nitrogens with zero attached hydrogens (tertiary/aromatic N) is 1. The van der Waals surface area contributed by atoms with E-state index in [2.05, 4.69) is 5.16 Å². The monoisotopic (exact) mass is 262 g/mol. The zero-order chi connectivity index (χ0) is 13.7. The van der Waals surface area contributed by atoms with Gasteiger partial charge in [-0.3, -0.25) is 0 Å². The maximum atomic E-state index is 5.74. The summed E-state index contributed by atoms with van der Waals surface area (Å²) in [5.41, 5.74) is 7.48. The number of methoxy groups -OCH3 is 1. The Kier molecular flexibility index (Phi) is 4.41. The second-order valence-corrected chi connectivity index (χ2v) is 4.24. The molecule has 5 heteroatoms. The van der Waals surface area contributed by atoms with Gasteiger partial charge in [0.2, 0.25) is 0 Å². The van der Waals surface area contributed by atoms with Crippen LogP contribution in [0.5, 0.6) is 11.5 Å². The van der Waals surface area contributed by atoms with E-state index in [1.807, 2.05) is 31.2 Å². The summed E-state index contributed by atoms with van der Waals surface area (Å²) < 4.78 is 16.0. The maximum absolute atomic E-state index is 5.74. The molecule has 19 heavy (non-hydrogen) atoms. The molecule has 0 atom stereocenters.